The fourth-order valence-electron chi connectivity index (χ4n) is 8.98. The second-order valence-corrected chi connectivity index (χ2v) is 20.4. The first kappa shape index (κ1) is 58.2. The summed E-state index contributed by atoms with van der Waals surface area (Å²) in [5.74, 6) is -0.544. The van der Waals surface area contributed by atoms with Gasteiger partial charge in [0.1, 0.15) is 30.7 Å². The highest BCUT2D eigenvalue weighted by molar-refractivity contribution is 7.44. The Kier molecular flexibility index (Phi) is 24.1. The third-order valence-electron chi connectivity index (χ3n) is 12.5. The molecule has 2 N–H and O–H groups in total. The molecule has 2 fully saturated rings. The minimum atomic E-state index is -1.65. The van der Waals surface area contributed by atoms with Crippen molar-refractivity contribution in [1.82, 2.24) is 39.7 Å². The van der Waals surface area contributed by atoms with Crippen LogP contribution in [0, 0.1) is 17.2 Å². The Bertz CT molecular complexity index is 2190. The van der Waals surface area contributed by atoms with Gasteiger partial charge in [0.15, 0.2) is 29.5 Å². The number of nitrogens with one attached hydrogen (secondary N) is 2. The molecule has 2 aromatic heterocycles. The van der Waals surface area contributed by atoms with Crippen LogP contribution in [0.5, 0.6) is 0 Å². The number of ether oxygens (including phenoxy) is 5. The number of unbranched alkanes of at least 4 members (excludes halogenated alkanes) is 4. The van der Waals surface area contributed by atoms with Crippen LogP contribution >= 0.6 is 8.53 Å². The van der Waals surface area contributed by atoms with Crippen molar-refractivity contribution >= 4 is 49.6 Å². The summed E-state index contributed by atoms with van der Waals surface area (Å²) >= 11 is 0. The monoisotopic (exact) mass is 1020 g/mol. The molecule has 72 heavy (non-hydrogen) atoms. The van der Waals surface area contributed by atoms with E-state index >= 15 is 0 Å². The minimum Gasteiger partial charge on any atom is -0.456 e. The third kappa shape index (κ3) is 16.7. The molecular weight excluding hydrogens is 944 g/mol. The molecule has 2 saturated heterocycles. The van der Waals surface area contributed by atoms with Gasteiger partial charge in [-0.2, -0.15) is 5.26 Å². The second kappa shape index (κ2) is 29.9. The number of esters is 1. The SMILES string of the molecule is CC[C@H]1O[C@@H](n2cnc3c(/N=C\N(C)C)ncnc32)[C@@H](OP(OCCC#N)N(C(C)C)C(C)C)C1OCCCCCCNC(=O)CCCCO[C@@H]1O[C@H](CC)[C@H](C)[C@H](OC(=O)c2ccccc2)[C@H]1NC(C)=O. The topological polar surface area (TPSA) is 226 Å². The number of nitriles is 1. The van der Waals surface area contributed by atoms with Crippen molar-refractivity contribution in [2.45, 2.75) is 181 Å². The number of amides is 2. The number of rotatable bonds is 30. The van der Waals surface area contributed by atoms with Crippen LogP contribution in [0.4, 0.5) is 5.82 Å². The summed E-state index contributed by atoms with van der Waals surface area (Å²) in [6.45, 7) is 17.4. The van der Waals surface area contributed by atoms with Gasteiger partial charge in [0.05, 0.1) is 49.5 Å². The van der Waals surface area contributed by atoms with Crippen molar-refractivity contribution in [1.29, 1.82) is 5.26 Å². The van der Waals surface area contributed by atoms with Gasteiger partial charge < -0.3 is 48.3 Å². The summed E-state index contributed by atoms with van der Waals surface area (Å²) < 4.78 is 49.4. The number of benzene rings is 1. The maximum atomic E-state index is 13.1. The molecule has 21 heteroatoms. The molecule has 20 nitrogen and oxygen atoms in total. The highest BCUT2D eigenvalue weighted by Crippen LogP contribution is 2.51. The van der Waals surface area contributed by atoms with E-state index in [0.29, 0.717) is 74.4 Å². The molecule has 0 bridgehead atoms. The minimum absolute atomic E-state index is 0.0247. The molecule has 2 unspecified atom stereocenters. The third-order valence-corrected chi connectivity index (χ3v) is 14.6. The van der Waals surface area contributed by atoms with E-state index < -0.39 is 51.4 Å². The summed E-state index contributed by atoms with van der Waals surface area (Å²) in [5, 5.41) is 15.3. The molecule has 2 aliphatic rings. The maximum absolute atomic E-state index is 13.1. The lowest BCUT2D eigenvalue weighted by Crippen LogP contribution is -2.62. The van der Waals surface area contributed by atoms with Crippen LogP contribution in [-0.4, -0.2) is 149 Å². The van der Waals surface area contributed by atoms with E-state index in [9.17, 15) is 19.6 Å². The number of carbonyl (C=O) groups excluding carboxylic acids is 3. The molecule has 10 atom stereocenters. The van der Waals surface area contributed by atoms with Gasteiger partial charge in [-0.3, -0.25) is 14.2 Å². The zero-order valence-electron chi connectivity index (χ0n) is 44.0. The molecule has 2 aliphatic heterocycles. The van der Waals surface area contributed by atoms with E-state index in [1.54, 1.807) is 36.9 Å². The van der Waals surface area contributed by atoms with Gasteiger partial charge in [-0.25, -0.2) is 29.4 Å². The standard InChI is InChI=1S/C51H79N10O10P/c1-11-39-36(7)44(70-50(64)38-23-16-15-17-24-38)42(58-37(8)62)51(69-39)66-29-21-18-25-41(63)53-27-19-13-14-20-28-65-45-40(12-2)68-49(46(45)71-72(67-30-22-26-52)61(34(3)4)35(5)6)60-33-56-43-47(57-32-59(9)10)54-31-55-48(43)60/h15-17,23-24,31-36,39-40,42,44-46,49,51H,11-14,18-22,25,27-30H2,1-10H3,(H,53,63)(H,58,62)/b57-32-/t36-,39+,40+,42+,44-,45?,46-,49+,51+,72?/m0/s1. The number of nitrogens with zero attached hydrogens (tertiary/aromatic N) is 8. The molecule has 5 rings (SSSR count). The van der Waals surface area contributed by atoms with Gasteiger partial charge in [0.2, 0.25) is 11.8 Å². The van der Waals surface area contributed by atoms with Crippen LogP contribution in [0.25, 0.3) is 11.2 Å². The van der Waals surface area contributed by atoms with Crippen LogP contribution in [0.2, 0.25) is 0 Å². The molecule has 0 radical (unpaired) electrons. The molecule has 1 aromatic carbocycles. The molecule has 3 aromatic rings. The van der Waals surface area contributed by atoms with Crippen molar-refractivity contribution in [2.75, 3.05) is 40.5 Å². The summed E-state index contributed by atoms with van der Waals surface area (Å²) in [6, 6.07) is 10.4. The van der Waals surface area contributed by atoms with Crippen molar-refractivity contribution in [3.05, 3.63) is 48.5 Å². The average Bonchev–Trinajstić information content (AvgIpc) is 3.94. The van der Waals surface area contributed by atoms with Gasteiger partial charge >= 0.3 is 5.97 Å². The largest absolute Gasteiger partial charge is 0.456 e. The molecule has 2 amide bonds. The van der Waals surface area contributed by atoms with E-state index in [2.05, 4.69) is 75.9 Å². The van der Waals surface area contributed by atoms with Crippen LogP contribution in [0.15, 0.2) is 48.0 Å². The molecular formula is C51H79N10O10P. The Hall–Kier alpha value is -4.71. The van der Waals surface area contributed by atoms with E-state index in [1.807, 2.05) is 43.5 Å². The van der Waals surface area contributed by atoms with E-state index in [4.69, 9.17) is 32.7 Å². The Morgan fingerprint density at radius 3 is 2.29 bits per heavy atom. The summed E-state index contributed by atoms with van der Waals surface area (Å²) in [7, 11) is 2.11. The van der Waals surface area contributed by atoms with Crippen LogP contribution in [0.3, 0.4) is 0 Å². The van der Waals surface area contributed by atoms with Crippen LogP contribution in [0.1, 0.15) is 136 Å². The first-order chi connectivity index (χ1) is 34.7. The van der Waals surface area contributed by atoms with Crippen molar-refractivity contribution in [3.63, 3.8) is 0 Å². The van der Waals surface area contributed by atoms with E-state index in [-0.39, 0.29) is 55.1 Å². The first-order valence-corrected chi connectivity index (χ1v) is 26.8. The Balaban J connectivity index is 1.10. The van der Waals surface area contributed by atoms with E-state index in [1.165, 1.54) is 13.3 Å². The second-order valence-electron chi connectivity index (χ2n) is 19.0. The fraction of sp³-hybridized carbons (Fsp3) is 0.686. The summed E-state index contributed by atoms with van der Waals surface area (Å²) in [4.78, 5) is 58.2. The lowest BCUT2D eigenvalue weighted by Gasteiger charge is -2.45. The van der Waals surface area contributed by atoms with Crippen molar-refractivity contribution < 1.29 is 47.1 Å². The van der Waals surface area contributed by atoms with Crippen LogP contribution in [-0.2, 0) is 42.3 Å². The predicted octanol–water partition coefficient (Wildman–Crippen LogP) is 7.77. The van der Waals surface area contributed by atoms with Gasteiger partial charge in [-0.05, 0) is 78.4 Å². The van der Waals surface area contributed by atoms with Gasteiger partial charge in [0, 0.05) is 65.2 Å². The highest BCUT2D eigenvalue weighted by atomic mass is 31.2. The number of aromatic nitrogens is 4. The number of carbonyl (C=O) groups is 3. The molecule has 0 saturated carbocycles. The van der Waals surface area contributed by atoms with Gasteiger partial charge in [0.25, 0.3) is 8.53 Å². The van der Waals surface area contributed by atoms with Crippen molar-refractivity contribution in [3.8, 4) is 6.07 Å². The lowest BCUT2D eigenvalue weighted by atomic mass is 9.87. The summed E-state index contributed by atoms with van der Waals surface area (Å²) in [6.07, 6.45) is 7.59. The summed E-state index contributed by atoms with van der Waals surface area (Å²) in [5.41, 5.74) is 1.50. The Morgan fingerprint density at radius 2 is 1.61 bits per heavy atom. The zero-order valence-corrected chi connectivity index (χ0v) is 44.9. The Morgan fingerprint density at radius 1 is 0.903 bits per heavy atom. The zero-order chi connectivity index (χ0) is 52.2. The van der Waals surface area contributed by atoms with Crippen LogP contribution < -0.4 is 10.6 Å². The molecule has 0 spiro atoms. The average molecular weight is 1020 g/mol. The maximum Gasteiger partial charge on any atom is 0.338 e. The number of fused-ring (bicyclic) bond motifs is 1. The molecule has 0 aliphatic carbocycles. The van der Waals surface area contributed by atoms with Gasteiger partial charge in [-0.15, -0.1) is 0 Å². The fourth-order valence-corrected chi connectivity index (χ4v) is 10.7. The Labute approximate surface area is 427 Å². The lowest BCUT2D eigenvalue weighted by molar-refractivity contribution is -0.249. The molecule has 398 valence electrons. The smallest absolute Gasteiger partial charge is 0.338 e. The number of hydrogen-bond donors (Lipinski definition) is 2. The van der Waals surface area contributed by atoms with E-state index in [0.717, 1.165) is 25.7 Å². The number of aliphatic imine (C=N–C) groups is 1. The number of hydrogen-bond acceptors (Lipinski definition) is 16. The normalized spacial score (nSPS) is 23.8. The highest BCUT2D eigenvalue weighted by Gasteiger charge is 2.50. The molecule has 4 heterocycles. The first-order valence-electron chi connectivity index (χ1n) is 25.7. The number of imidazole rings is 1. The quantitative estimate of drug-likeness (QED) is 0.0214. The predicted molar refractivity (Wildman–Crippen MR) is 274 cm³/mol. The van der Waals surface area contributed by atoms with Crippen molar-refractivity contribution in [2.24, 2.45) is 10.9 Å². The van der Waals surface area contributed by atoms with Gasteiger partial charge in [-0.1, -0.05) is 51.8 Å².